The summed E-state index contributed by atoms with van der Waals surface area (Å²) in [7, 11) is 3.47. The molecule has 1 aliphatic heterocycles. The second-order valence-corrected chi connectivity index (χ2v) is 5.45. The van der Waals surface area contributed by atoms with E-state index in [1.165, 1.54) is 36.8 Å². The Bertz CT molecular complexity index is 433. The second kappa shape index (κ2) is 4.47. The molecule has 2 aliphatic rings. The summed E-state index contributed by atoms with van der Waals surface area (Å²) in [5, 5.41) is 3.57. The molecule has 0 aromatic heterocycles. The van der Waals surface area contributed by atoms with E-state index in [9.17, 15) is 0 Å². The molecule has 3 nitrogen and oxygen atoms in total. The van der Waals surface area contributed by atoms with Gasteiger partial charge in [0.05, 0.1) is 14.2 Å². The molecule has 0 radical (unpaired) electrons. The predicted molar refractivity (Wildman–Crippen MR) is 71.4 cm³/mol. The van der Waals surface area contributed by atoms with Crippen LogP contribution < -0.4 is 14.8 Å². The van der Waals surface area contributed by atoms with Gasteiger partial charge in [0.25, 0.3) is 0 Å². The van der Waals surface area contributed by atoms with E-state index in [-0.39, 0.29) is 0 Å². The van der Waals surface area contributed by atoms with Gasteiger partial charge in [-0.05, 0) is 24.5 Å². The summed E-state index contributed by atoms with van der Waals surface area (Å²) in [4.78, 5) is 0. The van der Waals surface area contributed by atoms with Crippen LogP contribution in [-0.4, -0.2) is 20.8 Å². The highest BCUT2D eigenvalue weighted by Gasteiger charge is 2.41. The fourth-order valence-corrected chi connectivity index (χ4v) is 3.67. The standard InChI is InChI=1S/C15H21NO2/c1-17-12-7-11-9-16-10-15(5-3-4-6-15)14(11)13(8-12)18-2/h7-8,16H,3-6,9-10H2,1-2H3. The van der Waals surface area contributed by atoms with Crippen molar-refractivity contribution in [2.45, 2.75) is 37.6 Å². The molecule has 1 aromatic rings. The zero-order valence-corrected chi connectivity index (χ0v) is 11.2. The lowest BCUT2D eigenvalue weighted by Crippen LogP contribution is -2.41. The van der Waals surface area contributed by atoms with E-state index in [0.717, 1.165) is 24.6 Å². The topological polar surface area (TPSA) is 30.5 Å². The van der Waals surface area contributed by atoms with Gasteiger partial charge in [-0.3, -0.25) is 0 Å². The summed E-state index contributed by atoms with van der Waals surface area (Å²) in [5.41, 5.74) is 3.08. The van der Waals surface area contributed by atoms with Crippen molar-refractivity contribution in [1.29, 1.82) is 0 Å². The summed E-state index contributed by atoms with van der Waals surface area (Å²) < 4.78 is 11.0. The molecule has 98 valence electrons. The Labute approximate surface area is 108 Å². The fraction of sp³-hybridized carbons (Fsp3) is 0.600. The molecule has 1 N–H and O–H groups in total. The molecule has 1 saturated carbocycles. The van der Waals surface area contributed by atoms with Crippen LogP contribution in [0.15, 0.2) is 12.1 Å². The maximum Gasteiger partial charge on any atom is 0.126 e. The SMILES string of the molecule is COc1cc2c(c(OC)c1)C1(CCCC1)CNC2. The van der Waals surface area contributed by atoms with Gasteiger partial charge in [0, 0.05) is 30.1 Å². The first-order valence-corrected chi connectivity index (χ1v) is 6.75. The second-order valence-electron chi connectivity index (χ2n) is 5.45. The average molecular weight is 247 g/mol. The molecule has 1 fully saturated rings. The van der Waals surface area contributed by atoms with Gasteiger partial charge in [-0.1, -0.05) is 12.8 Å². The maximum absolute atomic E-state index is 5.63. The van der Waals surface area contributed by atoms with Crippen molar-refractivity contribution in [3.8, 4) is 11.5 Å². The lowest BCUT2D eigenvalue weighted by Gasteiger charge is -2.37. The van der Waals surface area contributed by atoms with Crippen LogP contribution >= 0.6 is 0 Å². The van der Waals surface area contributed by atoms with Crippen molar-refractivity contribution in [2.24, 2.45) is 0 Å². The average Bonchev–Trinajstić information content (AvgIpc) is 2.86. The third-order valence-corrected chi connectivity index (χ3v) is 4.48. The lowest BCUT2D eigenvalue weighted by molar-refractivity contribution is 0.336. The fourth-order valence-electron chi connectivity index (χ4n) is 3.67. The monoisotopic (exact) mass is 247 g/mol. The maximum atomic E-state index is 5.63. The highest BCUT2D eigenvalue weighted by atomic mass is 16.5. The van der Waals surface area contributed by atoms with Gasteiger partial charge < -0.3 is 14.8 Å². The smallest absolute Gasteiger partial charge is 0.126 e. The molecule has 0 unspecified atom stereocenters. The van der Waals surface area contributed by atoms with Gasteiger partial charge in [-0.15, -0.1) is 0 Å². The summed E-state index contributed by atoms with van der Waals surface area (Å²) in [6, 6.07) is 4.19. The summed E-state index contributed by atoms with van der Waals surface area (Å²) >= 11 is 0. The summed E-state index contributed by atoms with van der Waals surface area (Å²) in [6.45, 7) is 2.01. The van der Waals surface area contributed by atoms with Crippen molar-refractivity contribution in [3.05, 3.63) is 23.3 Å². The summed E-state index contributed by atoms with van der Waals surface area (Å²) in [5.74, 6) is 1.90. The Morgan fingerprint density at radius 3 is 2.56 bits per heavy atom. The van der Waals surface area contributed by atoms with Crippen LogP contribution in [0.5, 0.6) is 11.5 Å². The highest BCUT2D eigenvalue weighted by Crippen LogP contribution is 2.48. The van der Waals surface area contributed by atoms with Crippen LogP contribution in [0.4, 0.5) is 0 Å². The molecular weight excluding hydrogens is 226 g/mol. The number of rotatable bonds is 2. The van der Waals surface area contributed by atoms with Gasteiger partial charge in [0.1, 0.15) is 11.5 Å². The normalized spacial score (nSPS) is 20.8. The Balaban J connectivity index is 2.15. The third-order valence-electron chi connectivity index (χ3n) is 4.48. The number of hydrogen-bond acceptors (Lipinski definition) is 3. The van der Waals surface area contributed by atoms with Crippen molar-refractivity contribution < 1.29 is 9.47 Å². The van der Waals surface area contributed by atoms with Crippen molar-refractivity contribution >= 4 is 0 Å². The molecule has 0 bridgehead atoms. The van der Waals surface area contributed by atoms with Gasteiger partial charge in [-0.2, -0.15) is 0 Å². The molecule has 0 amide bonds. The molecule has 3 heteroatoms. The Hall–Kier alpha value is -1.22. The van der Waals surface area contributed by atoms with Gasteiger partial charge >= 0.3 is 0 Å². The molecule has 0 saturated heterocycles. The Kier molecular flexibility index (Phi) is 2.94. The molecule has 1 heterocycles. The first-order valence-electron chi connectivity index (χ1n) is 6.75. The van der Waals surface area contributed by atoms with E-state index in [1.54, 1.807) is 14.2 Å². The number of benzene rings is 1. The van der Waals surface area contributed by atoms with Gasteiger partial charge in [-0.25, -0.2) is 0 Å². The number of fused-ring (bicyclic) bond motifs is 2. The van der Waals surface area contributed by atoms with Crippen LogP contribution in [0.3, 0.4) is 0 Å². The van der Waals surface area contributed by atoms with E-state index < -0.39 is 0 Å². The molecule has 3 rings (SSSR count). The van der Waals surface area contributed by atoms with Crippen LogP contribution in [0.2, 0.25) is 0 Å². The van der Waals surface area contributed by atoms with Crippen LogP contribution in [-0.2, 0) is 12.0 Å². The number of hydrogen-bond donors (Lipinski definition) is 1. The molecule has 1 spiro atoms. The molecular formula is C15H21NO2. The van der Waals surface area contributed by atoms with Crippen LogP contribution in [0.25, 0.3) is 0 Å². The molecule has 18 heavy (non-hydrogen) atoms. The summed E-state index contributed by atoms with van der Waals surface area (Å²) in [6.07, 6.45) is 5.21. The minimum absolute atomic E-state index is 0.297. The van der Waals surface area contributed by atoms with Gasteiger partial charge in [0.2, 0.25) is 0 Å². The van der Waals surface area contributed by atoms with Crippen LogP contribution in [0.1, 0.15) is 36.8 Å². The van der Waals surface area contributed by atoms with E-state index in [2.05, 4.69) is 11.4 Å². The quantitative estimate of drug-likeness (QED) is 0.871. The Morgan fingerprint density at radius 1 is 1.11 bits per heavy atom. The zero-order chi connectivity index (χ0) is 12.6. The van der Waals surface area contributed by atoms with E-state index in [1.807, 2.05) is 6.07 Å². The van der Waals surface area contributed by atoms with Crippen molar-refractivity contribution in [2.75, 3.05) is 20.8 Å². The lowest BCUT2D eigenvalue weighted by atomic mass is 9.74. The van der Waals surface area contributed by atoms with Crippen LogP contribution in [0, 0.1) is 0 Å². The predicted octanol–water partition coefficient (Wildman–Crippen LogP) is 2.62. The zero-order valence-electron chi connectivity index (χ0n) is 11.2. The van der Waals surface area contributed by atoms with E-state index in [4.69, 9.17) is 9.47 Å². The van der Waals surface area contributed by atoms with Crippen molar-refractivity contribution in [3.63, 3.8) is 0 Å². The van der Waals surface area contributed by atoms with E-state index >= 15 is 0 Å². The number of methoxy groups -OCH3 is 2. The molecule has 1 aliphatic carbocycles. The van der Waals surface area contributed by atoms with Gasteiger partial charge in [0.15, 0.2) is 0 Å². The largest absolute Gasteiger partial charge is 0.497 e. The first-order chi connectivity index (χ1) is 8.79. The first kappa shape index (κ1) is 11.8. The third kappa shape index (κ3) is 1.69. The number of ether oxygens (including phenoxy) is 2. The Morgan fingerprint density at radius 2 is 1.89 bits per heavy atom. The minimum atomic E-state index is 0.297. The molecule has 0 atom stereocenters. The van der Waals surface area contributed by atoms with E-state index in [0.29, 0.717) is 5.41 Å². The minimum Gasteiger partial charge on any atom is -0.497 e. The number of nitrogens with one attached hydrogen (secondary N) is 1. The highest BCUT2D eigenvalue weighted by molar-refractivity contribution is 5.52. The van der Waals surface area contributed by atoms with Crippen molar-refractivity contribution in [1.82, 2.24) is 5.32 Å². The molecule has 1 aromatic carbocycles.